The van der Waals surface area contributed by atoms with E-state index < -0.39 is 5.97 Å². The van der Waals surface area contributed by atoms with Gasteiger partial charge in [0.05, 0.1) is 11.7 Å². The standard InChI is InChI=1S/C20H19NO3/c1-14(2)24-19-8-6-18(7-9-19)21-11-10-17(13-21)15-4-3-5-16(12-15)20(22)23/h3-14H,1-2H3,(H,22,23). The summed E-state index contributed by atoms with van der Waals surface area (Å²) in [7, 11) is 0. The zero-order valence-corrected chi connectivity index (χ0v) is 13.6. The van der Waals surface area contributed by atoms with Gasteiger partial charge in [-0.15, -0.1) is 0 Å². The molecule has 0 unspecified atom stereocenters. The van der Waals surface area contributed by atoms with Gasteiger partial charge < -0.3 is 14.4 Å². The lowest BCUT2D eigenvalue weighted by Crippen LogP contribution is -2.05. The Balaban J connectivity index is 1.85. The van der Waals surface area contributed by atoms with Crippen LogP contribution in [0.1, 0.15) is 24.2 Å². The molecular weight excluding hydrogens is 302 g/mol. The summed E-state index contributed by atoms with van der Waals surface area (Å²) in [4.78, 5) is 11.1. The zero-order chi connectivity index (χ0) is 17.1. The smallest absolute Gasteiger partial charge is 0.335 e. The van der Waals surface area contributed by atoms with Gasteiger partial charge in [-0.2, -0.15) is 0 Å². The van der Waals surface area contributed by atoms with Gasteiger partial charge in [-0.3, -0.25) is 0 Å². The van der Waals surface area contributed by atoms with E-state index >= 15 is 0 Å². The van der Waals surface area contributed by atoms with Crippen LogP contribution in [-0.2, 0) is 0 Å². The number of aromatic nitrogens is 1. The van der Waals surface area contributed by atoms with Gasteiger partial charge in [0.2, 0.25) is 0 Å². The van der Waals surface area contributed by atoms with Crippen molar-refractivity contribution >= 4 is 5.97 Å². The van der Waals surface area contributed by atoms with Crippen LogP contribution in [0.4, 0.5) is 0 Å². The largest absolute Gasteiger partial charge is 0.491 e. The summed E-state index contributed by atoms with van der Waals surface area (Å²) >= 11 is 0. The predicted molar refractivity (Wildman–Crippen MR) is 93.9 cm³/mol. The van der Waals surface area contributed by atoms with Crippen LogP contribution >= 0.6 is 0 Å². The van der Waals surface area contributed by atoms with Crippen LogP contribution in [0.15, 0.2) is 67.0 Å². The first-order chi connectivity index (χ1) is 11.5. The van der Waals surface area contributed by atoms with Gasteiger partial charge in [-0.05, 0) is 67.4 Å². The Morgan fingerprint density at radius 2 is 1.79 bits per heavy atom. The molecule has 0 spiro atoms. The predicted octanol–water partition coefficient (Wildman–Crippen LogP) is 4.63. The van der Waals surface area contributed by atoms with Crippen molar-refractivity contribution in [2.75, 3.05) is 0 Å². The molecule has 1 aromatic heterocycles. The molecule has 0 saturated carbocycles. The third-order valence-corrected chi connectivity index (χ3v) is 3.64. The highest BCUT2D eigenvalue weighted by Gasteiger charge is 2.07. The van der Waals surface area contributed by atoms with Crippen molar-refractivity contribution in [3.63, 3.8) is 0 Å². The molecule has 0 aliphatic heterocycles. The highest BCUT2D eigenvalue weighted by atomic mass is 16.5. The molecule has 2 aromatic carbocycles. The monoisotopic (exact) mass is 321 g/mol. The van der Waals surface area contributed by atoms with Gasteiger partial charge >= 0.3 is 5.97 Å². The molecule has 0 atom stereocenters. The minimum Gasteiger partial charge on any atom is -0.491 e. The molecule has 4 heteroatoms. The molecule has 3 aromatic rings. The Kier molecular flexibility index (Phi) is 4.38. The number of aromatic carboxylic acids is 1. The molecule has 3 rings (SSSR count). The van der Waals surface area contributed by atoms with Crippen molar-refractivity contribution in [1.82, 2.24) is 4.57 Å². The second-order valence-corrected chi connectivity index (χ2v) is 5.85. The van der Waals surface area contributed by atoms with Crippen molar-refractivity contribution in [1.29, 1.82) is 0 Å². The third kappa shape index (κ3) is 3.49. The molecular formula is C20H19NO3. The quantitative estimate of drug-likeness (QED) is 0.745. The summed E-state index contributed by atoms with van der Waals surface area (Å²) in [5.74, 6) is -0.0766. The first-order valence-electron chi connectivity index (χ1n) is 7.82. The molecule has 4 nitrogen and oxygen atoms in total. The molecule has 1 N–H and O–H groups in total. The fraction of sp³-hybridized carbons (Fsp3) is 0.150. The maximum atomic E-state index is 11.1. The van der Waals surface area contributed by atoms with Crippen molar-refractivity contribution in [2.24, 2.45) is 0 Å². The topological polar surface area (TPSA) is 51.5 Å². The first-order valence-corrected chi connectivity index (χ1v) is 7.82. The van der Waals surface area contributed by atoms with Crippen LogP contribution in [-0.4, -0.2) is 21.7 Å². The van der Waals surface area contributed by atoms with Gasteiger partial charge in [-0.25, -0.2) is 4.79 Å². The van der Waals surface area contributed by atoms with E-state index in [2.05, 4.69) is 0 Å². The summed E-state index contributed by atoms with van der Waals surface area (Å²) in [5, 5.41) is 9.11. The minimum absolute atomic E-state index is 0.149. The van der Waals surface area contributed by atoms with Gasteiger partial charge in [0.25, 0.3) is 0 Å². The summed E-state index contributed by atoms with van der Waals surface area (Å²) in [6.07, 6.45) is 4.09. The average Bonchev–Trinajstić information content (AvgIpc) is 3.05. The SMILES string of the molecule is CC(C)Oc1ccc(-n2ccc(-c3cccc(C(=O)O)c3)c2)cc1. The molecule has 0 amide bonds. The summed E-state index contributed by atoms with van der Waals surface area (Å²) < 4.78 is 7.65. The highest BCUT2D eigenvalue weighted by molar-refractivity contribution is 5.89. The fourth-order valence-corrected chi connectivity index (χ4v) is 2.53. The Morgan fingerprint density at radius 1 is 1.04 bits per heavy atom. The number of rotatable bonds is 5. The normalized spacial score (nSPS) is 10.8. The zero-order valence-electron chi connectivity index (χ0n) is 13.6. The minimum atomic E-state index is -0.919. The molecule has 0 radical (unpaired) electrons. The van der Waals surface area contributed by atoms with E-state index in [1.807, 2.05) is 67.2 Å². The number of hydrogen-bond acceptors (Lipinski definition) is 2. The van der Waals surface area contributed by atoms with E-state index in [-0.39, 0.29) is 11.7 Å². The second-order valence-electron chi connectivity index (χ2n) is 5.85. The van der Waals surface area contributed by atoms with Gasteiger partial charge in [0.1, 0.15) is 5.75 Å². The third-order valence-electron chi connectivity index (χ3n) is 3.64. The Hall–Kier alpha value is -3.01. The van der Waals surface area contributed by atoms with Crippen molar-refractivity contribution in [3.8, 4) is 22.6 Å². The van der Waals surface area contributed by atoms with E-state index in [1.165, 1.54) is 0 Å². The van der Waals surface area contributed by atoms with Crippen molar-refractivity contribution in [3.05, 3.63) is 72.6 Å². The van der Waals surface area contributed by atoms with Crippen LogP contribution in [0.5, 0.6) is 5.75 Å². The Bertz CT molecular complexity index is 847. The van der Waals surface area contributed by atoms with E-state index in [4.69, 9.17) is 9.84 Å². The van der Waals surface area contributed by atoms with E-state index in [1.54, 1.807) is 18.2 Å². The maximum absolute atomic E-state index is 11.1. The summed E-state index contributed by atoms with van der Waals surface area (Å²) in [6, 6.07) is 16.8. The molecule has 1 heterocycles. The second kappa shape index (κ2) is 6.62. The van der Waals surface area contributed by atoms with Crippen LogP contribution < -0.4 is 4.74 Å². The number of ether oxygens (including phenoxy) is 1. The Morgan fingerprint density at radius 3 is 2.46 bits per heavy atom. The number of carbonyl (C=O) groups is 1. The first kappa shape index (κ1) is 15.9. The van der Waals surface area contributed by atoms with Crippen LogP contribution in [0.3, 0.4) is 0 Å². The van der Waals surface area contributed by atoms with Gasteiger partial charge in [-0.1, -0.05) is 12.1 Å². The van der Waals surface area contributed by atoms with E-state index in [0.29, 0.717) is 0 Å². The van der Waals surface area contributed by atoms with Gasteiger partial charge in [0.15, 0.2) is 0 Å². The van der Waals surface area contributed by atoms with Crippen LogP contribution in [0, 0.1) is 0 Å². The van der Waals surface area contributed by atoms with E-state index in [9.17, 15) is 4.79 Å². The highest BCUT2D eigenvalue weighted by Crippen LogP contribution is 2.24. The lowest BCUT2D eigenvalue weighted by Gasteiger charge is -2.10. The molecule has 24 heavy (non-hydrogen) atoms. The number of benzene rings is 2. The van der Waals surface area contributed by atoms with Crippen molar-refractivity contribution < 1.29 is 14.6 Å². The summed E-state index contributed by atoms with van der Waals surface area (Å²) in [5.41, 5.74) is 3.16. The van der Waals surface area contributed by atoms with Gasteiger partial charge in [0, 0.05) is 18.1 Å². The number of carboxylic acid groups (broad SMARTS) is 1. The maximum Gasteiger partial charge on any atom is 0.335 e. The molecule has 0 bridgehead atoms. The number of carboxylic acids is 1. The Labute approximate surface area is 140 Å². The lowest BCUT2D eigenvalue weighted by atomic mass is 10.1. The fourth-order valence-electron chi connectivity index (χ4n) is 2.53. The van der Waals surface area contributed by atoms with Crippen LogP contribution in [0.25, 0.3) is 16.8 Å². The molecule has 0 aliphatic rings. The molecule has 0 fully saturated rings. The van der Waals surface area contributed by atoms with Crippen LogP contribution in [0.2, 0.25) is 0 Å². The molecule has 0 aliphatic carbocycles. The lowest BCUT2D eigenvalue weighted by molar-refractivity contribution is 0.0697. The number of hydrogen-bond donors (Lipinski definition) is 1. The molecule has 122 valence electrons. The average molecular weight is 321 g/mol. The number of nitrogens with zero attached hydrogens (tertiary/aromatic N) is 1. The molecule has 0 saturated heterocycles. The summed E-state index contributed by atoms with van der Waals surface area (Å²) in [6.45, 7) is 3.99. The van der Waals surface area contributed by atoms with Crippen molar-refractivity contribution in [2.45, 2.75) is 20.0 Å². The van der Waals surface area contributed by atoms with E-state index in [0.717, 1.165) is 22.6 Å².